The zero-order chi connectivity index (χ0) is 16.5. The number of carbonyl (C=O) groups is 1. The van der Waals surface area contributed by atoms with Gasteiger partial charge in [-0.05, 0) is 37.9 Å². The van der Waals surface area contributed by atoms with Crippen LogP contribution in [0.25, 0.3) is 0 Å². The van der Waals surface area contributed by atoms with Gasteiger partial charge in [-0.25, -0.2) is 4.79 Å². The van der Waals surface area contributed by atoms with Crippen molar-refractivity contribution in [2.75, 3.05) is 31.6 Å². The van der Waals surface area contributed by atoms with E-state index >= 15 is 0 Å². The fourth-order valence-corrected chi connectivity index (χ4v) is 2.66. The van der Waals surface area contributed by atoms with Crippen molar-refractivity contribution in [3.63, 3.8) is 0 Å². The van der Waals surface area contributed by atoms with Gasteiger partial charge >= 0.3 is 6.09 Å². The maximum atomic E-state index is 12.1. The number of benzene rings is 1. The van der Waals surface area contributed by atoms with Gasteiger partial charge in [-0.3, -0.25) is 5.32 Å². The van der Waals surface area contributed by atoms with Crippen LogP contribution in [0.2, 0.25) is 0 Å². The summed E-state index contributed by atoms with van der Waals surface area (Å²) in [4.78, 5) is 14.5. The smallest absolute Gasteiger partial charge is 0.412 e. The number of piperidine rings is 1. The molecule has 0 spiro atoms. The van der Waals surface area contributed by atoms with E-state index in [1.165, 1.54) is 0 Å². The van der Waals surface area contributed by atoms with E-state index in [1.54, 1.807) is 0 Å². The molecular formula is C18H28N2O3. The SMILES string of the molecule is CCCCOc1ccccc1NC(=O)OC1CCN(CC)CC1. The standard InChI is InChI=1S/C18H28N2O3/c1-3-5-14-22-17-9-7-6-8-16(17)19-18(21)23-15-10-12-20(4-2)13-11-15/h6-9,15H,3-5,10-14H2,1-2H3,(H,19,21). The van der Waals surface area contributed by atoms with Gasteiger partial charge in [-0.15, -0.1) is 0 Å². The molecule has 1 aliphatic rings. The van der Waals surface area contributed by atoms with E-state index in [2.05, 4.69) is 24.1 Å². The zero-order valence-corrected chi connectivity index (χ0v) is 14.2. The van der Waals surface area contributed by atoms with Gasteiger partial charge in [-0.1, -0.05) is 32.4 Å². The molecule has 1 heterocycles. The third-order valence-electron chi connectivity index (χ3n) is 4.13. The third-order valence-corrected chi connectivity index (χ3v) is 4.13. The minimum absolute atomic E-state index is 0.00553. The van der Waals surface area contributed by atoms with E-state index in [0.29, 0.717) is 18.0 Å². The fraction of sp³-hybridized carbons (Fsp3) is 0.611. The van der Waals surface area contributed by atoms with Gasteiger partial charge in [-0.2, -0.15) is 0 Å². The molecule has 1 fully saturated rings. The molecule has 0 saturated carbocycles. The van der Waals surface area contributed by atoms with Crippen LogP contribution in [-0.4, -0.2) is 43.3 Å². The topological polar surface area (TPSA) is 50.8 Å². The molecular weight excluding hydrogens is 292 g/mol. The normalized spacial score (nSPS) is 16.1. The molecule has 0 bridgehead atoms. The van der Waals surface area contributed by atoms with E-state index in [0.717, 1.165) is 45.3 Å². The quantitative estimate of drug-likeness (QED) is 0.774. The van der Waals surface area contributed by atoms with E-state index in [1.807, 2.05) is 24.3 Å². The van der Waals surface area contributed by atoms with Crippen molar-refractivity contribution < 1.29 is 14.3 Å². The summed E-state index contributed by atoms with van der Waals surface area (Å²) in [5.74, 6) is 0.693. The summed E-state index contributed by atoms with van der Waals surface area (Å²) in [6, 6.07) is 7.48. The molecule has 1 saturated heterocycles. The monoisotopic (exact) mass is 320 g/mol. The second kappa shape index (κ2) is 9.40. The predicted molar refractivity (Wildman–Crippen MR) is 92.1 cm³/mol. The first-order chi connectivity index (χ1) is 11.2. The second-order valence-corrected chi connectivity index (χ2v) is 5.86. The van der Waals surface area contributed by atoms with Gasteiger partial charge in [0.05, 0.1) is 12.3 Å². The van der Waals surface area contributed by atoms with Crippen LogP contribution < -0.4 is 10.1 Å². The highest BCUT2D eigenvalue weighted by atomic mass is 16.6. The molecule has 23 heavy (non-hydrogen) atoms. The molecule has 5 nitrogen and oxygen atoms in total. The molecule has 0 radical (unpaired) electrons. The van der Waals surface area contributed by atoms with Crippen LogP contribution in [0.1, 0.15) is 39.5 Å². The van der Waals surface area contributed by atoms with Crippen LogP contribution in [0, 0.1) is 0 Å². The Hall–Kier alpha value is -1.75. The summed E-state index contributed by atoms with van der Waals surface area (Å²) in [6.45, 7) is 7.97. The Labute approximate surface area is 139 Å². The van der Waals surface area contributed by atoms with Crippen LogP contribution in [0.5, 0.6) is 5.75 Å². The zero-order valence-electron chi connectivity index (χ0n) is 14.2. The van der Waals surface area contributed by atoms with Crippen molar-refractivity contribution in [3.8, 4) is 5.75 Å². The molecule has 5 heteroatoms. The van der Waals surface area contributed by atoms with Crippen molar-refractivity contribution in [2.45, 2.75) is 45.6 Å². The maximum Gasteiger partial charge on any atom is 0.412 e. The summed E-state index contributed by atoms with van der Waals surface area (Å²) < 4.78 is 11.3. The fourth-order valence-electron chi connectivity index (χ4n) is 2.66. The lowest BCUT2D eigenvalue weighted by molar-refractivity contribution is 0.0605. The number of unbranched alkanes of at least 4 members (excludes halogenated alkanes) is 1. The Morgan fingerprint density at radius 3 is 2.70 bits per heavy atom. The number of anilines is 1. The van der Waals surface area contributed by atoms with Crippen molar-refractivity contribution in [3.05, 3.63) is 24.3 Å². The average Bonchev–Trinajstić information content (AvgIpc) is 2.57. The number of rotatable bonds is 7. The van der Waals surface area contributed by atoms with Gasteiger partial charge in [0, 0.05) is 13.1 Å². The third kappa shape index (κ3) is 5.75. The lowest BCUT2D eigenvalue weighted by atomic mass is 10.1. The van der Waals surface area contributed by atoms with Crippen molar-refractivity contribution in [1.82, 2.24) is 4.90 Å². The van der Waals surface area contributed by atoms with Gasteiger partial charge < -0.3 is 14.4 Å². The average molecular weight is 320 g/mol. The van der Waals surface area contributed by atoms with Crippen LogP contribution in [0.15, 0.2) is 24.3 Å². The van der Waals surface area contributed by atoms with E-state index in [9.17, 15) is 4.79 Å². The first kappa shape index (κ1) is 17.6. The molecule has 0 aliphatic carbocycles. The molecule has 2 rings (SSSR count). The summed E-state index contributed by atoms with van der Waals surface area (Å²) in [7, 11) is 0. The first-order valence-electron chi connectivity index (χ1n) is 8.64. The molecule has 0 aromatic heterocycles. The van der Waals surface area contributed by atoms with E-state index in [-0.39, 0.29) is 6.10 Å². The highest BCUT2D eigenvalue weighted by molar-refractivity contribution is 5.86. The van der Waals surface area contributed by atoms with E-state index < -0.39 is 6.09 Å². The first-order valence-corrected chi connectivity index (χ1v) is 8.64. The van der Waals surface area contributed by atoms with Crippen LogP contribution in [-0.2, 0) is 4.74 Å². The number of hydrogen-bond acceptors (Lipinski definition) is 4. The number of carbonyl (C=O) groups excluding carboxylic acids is 1. The minimum atomic E-state index is -0.397. The van der Waals surface area contributed by atoms with Crippen LogP contribution in [0.4, 0.5) is 10.5 Å². The number of likely N-dealkylation sites (tertiary alicyclic amines) is 1. The van der Waals surface area contributed by atoms with Crippen molar-refractivity contribution in [1.29, 1.82) is 0 Å². The lowest BCUT2D eigenvalue weighted by Gasteiger charge is -2.30. The van der Waals surface area contributed by atoms with Crippen molar-refractivity contribution in [2.24, 2.45) is 0 Å². The summed E-state index contributed by atoms with van der Waals surface area (Å²) in [6.07, 6.45) is 3.48. The Kier molecular flexibility index (Phi) is 7.20. The number of ether oxygens (including phenoxy) is 2. The molecule has 1 aromatic rings. The molecule has 1 aromatic carbocycles. The number of nitrogens with one attached hydrogen (secondary N) is 1. The van der Waals surface area contributed by atoms with Crippen molar-refractivity contribution >= 4 is 11.8 Å². The molecule has 1 aliphatic heterocycles. The highest BCUT2D eigenvalue weighted by Crippen LogP contribution is 2.24. The van der Waals surface area contributed by atoms with Gasteiger partial charge in [0.15, 0.2) is 0 Å². The second-order valence-electron chi connectivity index (χ2n) is 5.86. The number of amides is 1. The lowest BCUT2D eigenvalue weighted by Crippen LogP contribution is -2.38. The van der Waals surface area contributed by atoms with Gasteiger partial charge in [0.2, 0.25) is 0 Å². The molecule has 1 amide bonds. The number of nitrogens with zero attached hydrogens (tertiary/aromatic N) is 1. The maximum absolute atomic E-state index is 12.1. The molecule has 0 unspecified atom stereocenters. The Morgan fingerprint density at radius 2 is 2.00 bits per heavy atom. The summed E-state index contributed by atoms with van der Waals surface area (Å²) >= 11 is 0. The van der Waals surface area contributed by atoms with Gasteiger partial charge in [0.1, 0.15) is 11.9 Å². The Morgan fingerprint density at radius 1 is 1.26 bits per heavy atom. The van der Waals surface area contributed by atoms with Crippen LogP contribution >= 0.6 is 0 Å². The predicted octanol–water partition coefficient (Wildman–Crippen LogP) is 3.90. The van der Waals surface area contributed by atoms with Crippen LogP contribution in [0.3, 0.4) is 0 Å². The molecule has 1 N–H and O–H groups in total. The summed E-state index contributed by atoms with van der Waals surface area (Å²) in [5.41, 5.74) is 0.666. The largest absolute Gasteiger partial charge is 0.491 e. The number of hydrogen-bond donors (Lipinski definition) is 1. The number of para-hydroxylation sites is 2. The summed E-state index contributed by atoms with van der Waals surface area (Å²) in [5, 5.41) is 2.81. The Bertz CT molecular complexity index is 485. The van der Waals surface area contributed by atoms with E-state index in [4.69, 9.17) is 9.47 Å². The Balaban J connectivity index is 1.83. The molecule has 0 atom stereocenters. The molecule has 128 valence electrons. The van der Waals surface area contributed by atoms with Gasteiger partial charge in [0.25, 0.3) is 0 Å². The minimum Gasteiger partial charge on any atom is -0.491 e. The highest BCUT2D eigenvalue weighted by Gasteiger charge is 2.21.